The van der Waals surface area contributed by atoms with Crippen LogP contribution in [0.1, 0.15) is 45.1 Å². The van der Waals surface area contributed by atoms with Crippen LogP contribution < -0.4 is 4.74 Å². The molecule has 1 aliphatic carbocycles. The minimum absolute atomic E-state index is 0.0762. The average molecular weight is 311 g/mol. The van der Waals surface area contributed by atoms with Crippen molar-refractivity contribution in [2.45, 2.75) is 63.5 Å². The van der Waals surface area contributed by atoms with E-state index < -0.39 is 10.0 Å². The molecule has 0 heterocycles. The normalized spacial score (nSPS) is 16.9. The molecule has 0 amide bonds. The molecule has 1 aromatic rings. The first-order chi connectivity index (χ1) is 9.82. The van der Waals surface area contributed by atoms with Crippen LogP contribution in [-0.4, -0.2) is 31.9 Å². The van der Waals surface area contributed by atoms with E-state index in [1.807, 2.05) is 20.8 Å². The van der Waals surface area contributed by atoms with E-state index in [0.717, 1.165) is 37.0 Å². The van der Waals surface area contributed by atoms with Crippen LogP contribution in [0.2, 0.25) is 0 Å². The van der Waals surface area contributed by atoms with Gasteiger partial charge in [-0.15, -0.1) is 0 Å². The summed E-state index contributed by atoms with van der Waals surface area (Å²) in [6.07, 6.45) is 4.23. The molecule has 0 unspecified atom stereocenters. The van der Waals surface area contributed by atoms with Crippen LogP contribution >= 0.6 is 0 Å². The van der Waals surface area contributed by atoms with E-state index >= 15 is 0 Å². The van der Waals surface area contributed by atoms with Crippen molar-refractivity contribution in [3.8, 4) is 5.75 Å². The Hall–Kier alpha value is -1.07. The fourth-order valence-electron chi connectivity index (χ4n) is 2.80. The second-order valence-electron chi connectivity index (χ2n) is 6.05. The number of ether oxygens (including phenoxy) is 1. The van der Waals surface area contributed by atoms with Gasteiger partial charge in [0.05, 0.1) is 11.0 Å². The van der Waals surface area contributed by atoms with Gasteiger partial charge in [-0.05, 0) is 57.4 Å². The molecular weight excluding hydrogens is 286 g/mol. The second-order valence-corrected chi connectivity index (χ2v) is 8.05. The molecule has 5 heteroatoms. The number of nitrogens with zero attached hydrogens (tertiary/aromatic N) is 1. The van der Waals surface area contributed by atoms with Gasteiger partial charge >= 0.3 is 0 Å². The van der Waals surface area contributed by atoms with E-state index in [-0.39, 0.29) is 12.1 Å². The van der Waals surface area contributed by atoms with Gasteiger partial charge in [0.2, 0.25) is 10.0 Å². The van der Waals surface area contributed by atoms with Gasteiger partial charge in [-0.25, -0.2) is 8.42 Å². The smallest absolute Gasteiger partial charge is 0.243 e. The van der Waals surface area contributed by atoms with Crippen molar-refractivity contribution in [1.29, 1.82) is 0 Å². The summed E-state index contributed by atoms with van der Waals surface area (Å²) in [5, 5.41) is 0. The summed E-state index contributed by atoms with van der Waals surface area (Å²) in [5.74, 6) is 0.743. The zero-order valence-electron chi connectivity index (χ0n) is 13.3. The molecule has 1 saturated carbocycles. The number of sulfonamides is 1. The molecule has 0 radical (unpaired) electrons. The van der Waals surface area contributed by atoms with Crippen molar-refractivity contribution < 1.29 is 13.2 Å². The number of hydrogen-bond acceptors (Lipinski definition) is 3. The molecule has 0 spiro atoms. The van der Waals surface area contributed by atoms with Crippen LogP contribution in [0.3, 0.4) is 0 Å². The first-order valence-electron chi connectivity index (χ1n) is 7.57. The van der Waals surface area contributed by atoms with Gasteiger partial charge in [0, 0.05) is 13.1 Å². The Morgan fingerprint density at radius 2 is 1.86 bits per heavy atom. The van der Waals surface area contributed by atoms with E-state index in [0.29, 0.717) is 4.90 Å². The van der Waals surface area contributed by atoms with Gasteiger partial charge in [0.1, 0.15) is 5.75 Å². The summed E-state index contributed by atoms with van der Waals surface area (Å²) in [6, 6.07) is 5.25. The lowest BCUT2D eigenvalue weighted by molar-refractivity contribution is 0.240. The van der Waals surface area contributed by atoms with Crippen LogP contribution in [0.25, 0.3) is 0 Å². The first-order valence-corrected chi connectivity index (χ1v) is 9.01. The molecule has 0 saturated heterocycles. The quantitative estimate of drug-likeness (QED) is 0.838. The van der Waals surface area contributed by atoms with E-state index in [1.54, 1.807) is 25.2 Å². The number of rotatable bonds is 5. The molecule has 0 aromatic heterocycles. The van der Waals surface area contributed by atoms with Crippen LogP contribution in [0.5, 0.6) is 5.75 Å². The lowest BCUT2D eigenvalue weighted by atomic mass is 10.2. The van der Waals surface area contributed by atoms with E-state index in [1.165, 1.54) is 4.31 Å². The van der Waals surface area contributed by atoms with Gasteiger partial charge < -0.3 is 4.74 Å². The molecule has 1 fully saturated rings. The Morgan fingerprint density at radius 1 is 1.24 bits per heavy atom. The Labute approximate surface area is 128 Å². The van der Waals surface area contributed by atoms with Crippen LogP contribution in [-0.2, 0) is 10.0 Å². The standard InChI is InChI=1S/C16H25NO3S/c1-12(2)20-16-10-9-15(11-13(16)3)21(18,19)17(4)14-7-5-6-8-14/h9-12,14H,5-8H2,1-4H3. The summed E-state index contributed by atoms with van der Waals surface area (Å²) < 4.78 is 32.6. The van der Waals surface area contributed by atoms with Gasteiger partial charge in [-0.3, -0.25) is 0 Å². The number of aryl methyl sites for hydroxylation is 1. The van der Waals surface area contributed by atoms with Crippen molar-refractivity contribution in [3.05, 3.63) is 23.8 Å². The maximum atomic E-state index is 12.7. The topological polar surface area (TPSA) is 46.6 Å². The Balaban J connectivity index is 2.25. The highest BCUT2D eigenvalue weighted by Crippen LogP contribution is 2.29. The van der Waals surface area contributed by atoms with Crippen LogP contribution in [0, 0.1) is 6.92 Å². The van der Waals surface area contributed by atoms with Crippen molar-refractivity contribution >= 4 is 10.0 Å². The molecule has 21 heavy (non-hydrogen) atoms. The Kier molecular flexibility index (Phi) is 4.94. The van der Waals surface area contributed by atoms with Gasteiger partial charge in [0.15, 0.2) is 0 Å². The van der Waals surface area contributed by atoms with Crippen molar-refractivity contribution in [1.82, 2.24) is 4.31 Å². The fourth-order valence-corrected chi connectivity index (χ4v) is 4.30. The molecule has 0 aliphatic heterocycles. The lowest BCUT2D eigenvalue weighted by Crippen LogP contribution is -2.35. The van der Waals surface area contributed by atoms with Crippen molar-refractivity contribution in [2.75, 3.05) is 7.05 Å². The Bertz CT molecular complexity index is 590. The zero-order valence-corrected chi connectivity index (χ0v) is 14.1. The molecular formula is C16H25NO3S. The van der Waals surface area contributed by atoms with E-state index in [4.69, 9.17) is 4.74 Å². The molecule has 118 valence electrons. The number of hydrogen-bond donors (Lipinski definition) is 0. The molecule has 1 aromatic carbocycles. The largest absolute Gasteiger partial charge is 0.491 e. The van der Waals surface area contributed by atoms with E-state index in [2.05, 4.69) is 0 Å². The van der Waals surface area contributed by atoms with Gasteiger partial charge in [-0.1, -0.05) is 12.8 Å². The summed E-state index contributed by atoms with van der Waals surface area (Å²) in [6.45, 7) is 5.79. The van der Waals surface area contributed by atoms with E-state index in [9.17, 15) is 8.42 Å². The average Bonchev–Trinajstić information content (AvgIpc) is 2.93. The van der Waals surface area contributed by atoms with Gasteiger partial charge in [-0.2, -0.15) is 4.31 Å². The van der Waals surface area contributed by atoms with Crippen LogP contribution in [0.15, 0.2) is 23.1 Å². The highest BCUT2D eigenvalue weighted by Gasteiger charge is 2.30. The highest BCUT2D eigenvalue weighted by atomic mass is 32.2. The molecule has 1 aliphatic rings. The highest BCUT2D eigenvalue weighted by molar-refractivity contribution is 7.89. The third-order valence-corrected chi connectivity index (χ3v) is 5.93. The Morgan fingerprint density at radius 3 is 2.38 bits per heavy atom. The first kappa shape index (κ1) is 16.3. The minimum Gasteiger partial charge on any atom is -0.491 e. The zero-order chi connectivity index (χ0) is 15.6. The second kappa shape index (κ2) is 6.36. The maximum absolute atomic E-state index is 12.7. The molecule has 0 bridgehead atoms. The third-order valence-electron chi connectivity index (χ3n) is 4.02. The predicted octanol–water partition coefficient (Wildman–Crippen LogP) is 3.35. The van der Waals surface area contributed by atoms with Crippen molar-refractivity contribution in [3.63, 3.8) is 0 Å². The fraction of sp³-hybridized carbons (Fsp3) is 0.625. The summed E-state index contributed by atoms with van der Waals surface area (Å²) in [5.41, 5.74) is 0.851. The number of benzene rings is 1. The third kappa shape index (κ3) is 3.58. The molecule has 4 nitrogen and oxygen atoms in total. The summed E-state index contributed by atoms with van der Waals surface area (Å²) in [7, 11) is -1.72. The molecule has 2 rings (SSSR count). The molecule has 0 N–H and O–H groups in total. The summed E-state index contributed by atoms with van der Waals surface area (Å²) in [4.78, 5) is 0.352. The monoisotopic (exact) mass is 311 g/mol. The summed E-state index contributed by atoms with van der Waals surface area (Å²) >= 11 is 0. The van der Waals surface area contributed by atoms with Crippen molar-refractivity contribution in [2.24, 2.45) is 0 Å². The minimum atomic E-state index is -3.41. The lowest BCUT2D eigenvalue weighted by Gasteiger charge is -2.24. The van der Waals surface area contributed by atoms with Gasteiger partial charge in [0.25, 0.3) is 0 Å². The SMILES string of the molecule is Cc1cc(S(=O)(=O)N(C)C2CCCC2)ccc1OC(C)C. The van der Waals surface area contributed by atoms with Crippen LogP contribution in [0.4, 0.5) is 0 Å². The molecule has 0 atom stereocenters. The maximum Gasteiger partial charge on any atom is 0.243 e. The predicted molar refractivity (Wildman–Crippen MR) is 84.1 cm³/mol.